The van der Waals surface area contributed by atoms with Gasteiger partial charge in [0.1, 0.15) is 12.0 Å². The minimum Gasteiger partial charge on any atom is -0.496 e. The second-order valence-corrected chi connectivity index (χ2v) is 12.3. The van der Waals surface area contributed by atoms with Crippen LogP contribution in [-0.2, 0) is 21.4 Å². The lowest BCUT2D eigenvalue weighted by Gasteiger charge is -2.51. The summed E-state index contributed by atoms with van der Waals surface area (Å²) < 4.78 is 18.3. The predicted octanol–water partition coefficient (Wildman–Crippen LogP) is 4.27. The van der Waals surface area contributed by atoms with Crippen LogP contribution in [0.5, 0.6) is 5.75 Å². The number of hydrogen-bond donors (Lipinski definition) is 0. The van der Waals surface area contributed by atoms with Crippen LogP contribution in [0.2, 0.25) is 18.1 Å². The lowest BCUT2D eigenvalue weighted by Crippen LogP contribution is -2.54. The molecule has 1 atom stereocenters. The van der Waals surface area contributed by atoms with Gasteiger partial charge in [-0.3, -0.25) is 4.79 Å². The lowest BCUT2D eigenvalue weighted by atomic mass is 9.78. The maximum atomic E-state index is 11.3. The molecule has 128 valence electrons. The quantitative estimate of drug-likeness (QED) is 0.442. The molecule has 1 aromatic rings. The number of carbonyl (C=O) groups excluding carboxylic acids is 1. The first-order valence-corrected chi connectivity index (χ1v) is 11.0. The van der Waals surface area contributed by atoms with Crippen molar-refractivity contribution in [1.29, 1.82) is 0 Å². The summed E-state index contributed by atoms with van der Waals surface area (Å²) in [6, 6.07) is 3.62. The van der Waals surface area contributed by atoms with Crippen molar-refractivity contribution in [1.82, 2.24) is 0 Å². The molecule has 0 aromatic heterocycles. The first-order chi connectivity index (χ1) is 10.6. The number of hydrogen-bond acceptors (Lipinski definition) is 4. The van der Waals surface area contributed by atoms with Crippen molar-refractivity contribution in [2.24, 2.45) is 0 Å². The van der Waals surface area contributed by atoms with E-state index in [1.807, 2.05) is 13.0 Å². The molecule has 1 aromatic carbocycles. The molecular formula is C18H28O4Si. The Bertz CT molecular complexity index is 604. The number of carbonyl (C=O) groups is 1. The maximum absolute atomic E-state index is 11.3. The highest BCUT2D eigenvalue weighted by atomic mass is 28.4. The molecule has 0 radical (unpaired) electrons. The van der Waals surface area contributed by atoms with Crippen molar-refractivity contribution in [2.45, 2.75) is 58.0 Å². The average Bonchev–Trinajstić information content (AvgIpc) is 2.43. The third-order valence-corrected chi connectivity index (χ3v) is 9.50. The minimum atomic E-state index is -2.05. The highest BCUT2D eigenvalue weighted by molar-refractivity contribution is 6.74. The topological polar surface area (TPSA) is 44.8 Å². The van der Waals surface area contributed by atoms with Gasteiger partial charge in [-0.05, 0) is 42.8 Å². The molecule has 1 aliphatic carbocycles. The summed E-state index contributed by atoms with van der Waals surface area (Å²) in [5.74, 6) is -0.0683. The van der Waals surface area contributed by atoms with E-state index in [4.69, 9.17) is 13.9 Å². The molecule has 4 nitrogen and oxygen atoms in total. The lowest BCUT2D eigenvalue weighted by molar-refractivity contribution is -0.213. The van der Waals surface area contributed by atoms with Crippen LogP contribution in [0.15, 0.2) is 12.1 Å². The normalized spacial score (nSPS) is 20.7. The molecule has 0 spiro atoms. The van der Waals surface area contributed by atoms with Gasteiger partial charge < -0.3 is 13.9 Å². The summed E-state index contributed by atoms with van der Waals surface area (Å²) in [5.41, 5.74) is 2.55. The highest BCUT2D eigenvalue weighted by Gasteiger charge is 2.54. The van der Waals surface area contributed by atoms with Gasteiger partial charge in [0.15, 0.2) is 14.1 Å². The minimum absolute atomic E-state index is 0.0718. The zero-order valence-corrected chi connectivity index (χ0v) is 16.3. The second kappa shape index (κ2) is 6.04. The fourth-order valence-corrected chi connectivity index (χ4v) is 4.15. The maximum Gasteiger partial charge on any atom is 0.196 e. The number of aldehydes is 1. The summed E-state index contributed by atoms with van der Waals surface area (Å²) >= 11 is 0. The fourth-order valence-electron chi connectivity index (χ4n) is 2.78. The molecule has 23 heavy (non-hydrogen) atoms. The summed E-state index contributed by atoms with van der Waals surface area (Å²) in [5, 5.41) is 0.0718. The molecule has 0 amide bonds. The monoisotopic (exact) mass is 336 g/mol. The van der Waals surface area contributed by atoms with Crippen molar-refractivity contribution in [3.8, 4) is 5.75 Å². The van der Waals surface area contributed by atoms with Crippen LogP contribution in [-0.4, -0.2) is 28.3 Å². The van der Waals surface area contributed by atoms with Crippen LogP contribution in [0.4, 0.5) is 0 Å². The first kappa shape index (κ1) is 18.2. The van der Waals surface area contributed by atoms with Gasteiger partial charge in [-0.25, -0.2) is 0 Å². The molecule has 0 aliphatic heterocycles. The van der Waals surface area contributed by atoms with Crippen molar-refractivity contribution < 1.29 is 18.7 Å². The SMILES string of the molecule is CCOC1(O[Si](C)(C)C(C)(C)C)Cc2c(C=O)ccc(OC)c21. The molecular weight excluding hydrogens is 308 g/mol. The van der Waals surface area contributed by atoms with Crippen molar-refractivity contribution >= 4 is 14.6 Å². The van der Waals surface area contributed by atoms with Gasteiger partial charge in [0.2, 0.25) is 0 Å². The van der Waals surface area contributed by atoms with Crippen molar-refractivity contribution in [2.75, 3.05) is 13.7 Å². The van der Waals surface area contributed by atoms with Gasteiger partial charge >= 0.3 is 0 Å². The molecule has 1 unspecified atom stereocenters. The van der Waals surface area contributed by atoms with Gasteiger partial charge in [-0.1, -0.05) is 20.8 Å². The Morgan fingerprint density at radius 2 is 1.96 bits per heavy atom. The van der Waals surface area contributed by atoms with E-state index in [1.54, 1.807) is 13.2 Å². The molecule has 0 saturated carbocycles. The van der Waals surface area contributed by atoms with E-state index in [2.05, 4.69) is 33.9 Å². The smallest absolute Gasteiger partial charge is 0.196 e. The number of methoxy groups -OCH3 is 1. The van der Waals surface area contributed by atoms with Gasteiger partial charge in [0, 0.05) is 18.6 Å². The van der Waals surface area contributed by atoms with Crippen LogP contribution in [0.1, 0.15) is 49.2 Å². The van der Waals surface area contributed by atoms with Crippen LogP contribution < -0.4 is 4.74 Å². The number of rotatable bonds is 6. The molecule has 5 heteroatoms. The second-order valence-electron chi connectivity index (χ2n) is 7.55. The van der Waals surface area contributed by atoms with Crippen LogP contribution in [0, 0.1) is 0 Å². The molecule has 0 N–H and O–H groups in total. The standard InChI is InChI=1S/C18H28O4Si/c1-8-21-18(22-23(6,7)17(2,3)4)11-14-13(12-19)9-10-15(20-5)16(14)18/h9-10,12H,8,11H2,1-7H3. The van der Waals surface area contributed by atoms with Gasteiger partial charge in [-0.2, -0.15) is 0 Å². The molecule has 0 saturated heterocycles. The average molecular weight is 337 g/mol. The Labute approximate surface area is 140 Å². The first-order valence-electron chi connectivity index (χ1n) is 8.11. The third kappa shape index (κ3) is 2.97. The van der Waals surface area contributed by atoms with E-state index >= 15 is 0 Å². The van der Waals surface area contributed by atoms with Crippen molar-refractivity contribution in [3.63, 3.8) is 0 Å². The number of benzene rings is 1. The zero-order chi connectivity index (χ0) is 17.5. The Hall–Kier alpha value is -1.17. The van der Waals surface area contributed by atoms with E-state index < -0.39 is 14.1 Å². The molecule has 2 rings (SSSR count). The van der Waals surface area contributed by atoms with E-state index in [1.165, 1.54) is 0 Å². The molecule has 0 heterocycles. The molecule has 0 fully saturated rings. The third-order valence-electron chi connectivity index (χ3n) is 5.05. The van der Waals surface area contributed by atoms with E-state index in [0.29, 0.717) is 18.6 Å². The van der Waals surface area contributed by atoms with Gasteiger partial charge in [0.25, 0.3) is 0 Å². The highest BCUT2D eigenvalue weighted by Crippen LogP contribution is 2.53. The van der Waals surface area contributed by atoms with E-state index in [0.717, 1.165) is 23.2 Å². The fraction of sp³-hybridized carbons (Fsp3) is 0.611. The summed E-state index contributed by atoms with van der Waals surface area (Å²) in [6.45, 7) is 13.5. The largest absolute Gasteiger partial charge is 0.496 e. The Balaban J connectivity index is 2.52. The van der Waals surface area contributed by atoms with Crippen LogP contribution >= 0.6 is 0 Å². The summed E-state index contributed by atoms with van der Waals surface area (Å²) in [7, 11) is -0.411. The molecule has 0 bridgehead atoms. The Morgan fingerprint density at radius 1 is 1.30 bits per heavy atom. The van der Waals surface area contributed by atoms with Crippen molar-refractivity contribution in [3.05, 3.63) is 28.8 Å². The zero-order valence-electron chi connectivity index (χ0n) is 15.3. The van der Waals surface area contributed by atoms with E-state index in [9.17, 15) is 4.79 Å². The van der Waals surface area contributed by atoms with Gasteiger partial charge in [-0.15, -0.1) is 0 Å². The Kier molecular flexibility index (Phi) is 4.77. The summed E-state index contributed by atoms with van der Waals surface area (Å²) in [6.07, 6.45) is 1.48. The number of fused-ring (bicyclic) bond motifs is 1. The predicted molar refractivity (Wildman–Crippen MR) is 93.7 cm³/mol. The van der Waals surface area contributed by atoms with Gasteiger partial charge in [0.05, 0.1) is 12.7 Å². The van der Waals surface area contributed by atoms with Crippen LogP contribution in [0.25, 0.3) is 0 Å². The van der Waals surface area contributed by atoms with E-state index in [-0.39, 0.29) is 5.04 Å². The summed E-state index contributed by atoms with van der Waals surface area (Å²) in [4.78, 5) is 11.3. The molecule has 1 aliphatic rings. The number of ether oxygens (including phenoxy) is 2. The van der Waals surface area contributed by atoms with Crippen LogP contribution in [0.3, 0.4) is 0 Å². The Morgan fingerprint density at radius 3 is 2.43 bits per heavy atom.